The molecule has 1 aromatic carbocycles. The number of nitrogens with zero attached hydrogens (tertiary/aromatic N) is 3. The molecule has 0 bridgehead atoms. The highest BCUT2D eigenvalue weighted by molar-refractivity contribution is 5.78. The number of unbranched alkanes of at least 4 members (excludes halogenated alkanes) is 1. The molecule has 0 aliphatic rings. The largest absolute Gasteiger partial charge is 0.356 e. The Morgan fingerprint density at radius 1 is 1.21 bits per heavy atom. The number of benzene rings is 1. The number of aromatic nitrogens is 3. The summed E-state index contributed by atoms with van der Waals surface area (Å²) >= 11 is 0. The maximum Gasteiger partial charge on any atom is 0.250 e. The van der Waals surface area contributed by atoms with Gasteiger partial charge in [-0.3, -0.25) is 4.79 Å². The van der Waals surface area contributed by atoms with Crippen molar-refractivity contribution in [1.29, 1.82) is 0 Å². The van der Waals surface area contributed by atoms with Gasteiger partial charge in [-0.15, -0.1) is 0 Å². The minimum atomic E-state index is -0.263. The van der Waals surface area contributed by atoms with E-state index in [0.717, 1.165) is 42.1 Å². The number of aryl methyl sites for hydroxylation is 2. The third-order valence-corrected chi connectivity index (χ3v) is 4.20. The van der Waals surface area contributed by atoms with Crippen molar-refractivity contribution in [2.75, 3.05) is 11.9 Å². The summed E-state index contributed by atoms with van der Waals surface area (Å²) in [5.41, 5.74) is 2.56. The topological polar surface area (TPSA) is 51.9 Å². The van der Waals surface area contributed by atoms with E-state index in [1.165, 1.54) is 12.1 Å². The van der Waals surface area contributed by atoms with Crippen molar-refractivity contribution in [3.63, 3.8) is 0 Å². The van der Waals surface area contributed by atoms with Crippen LogP contribution in [0.25, 0.3) is 11.0 Å². The Morgan fingerprint density at radius 3 is 2.83 bits per heavy atom. The van der Waals surface area contributed by atoms with Crippen LogP contribution in [0.5, 0.6) is 0 Å². The fourth-order valence-electron chi connectivity index (χ4n) is 2.83. The molecule has 0 fully saturated rings. The number of nitrogens with one attached hydrogen (secondary N) is 1. The lowest BCUT2D eigenvalue weighted by Crippen LogP contribution is -2.21. The summed E-state index contributed by atoms with van der Waals surface area (Å²) in [5, 5.41) is 3.28. The lowest BCUT2D eigenvalue weighted by atomic mass is 10.3. The van der Waals surface area contributed by atoms with Gasteiger partial charge in [-0.2, -0.15) is 0 Å². The van der Waals surface area contributed by atoms with E-state index in [4.69, 9.17) is 0 Å². The molecule has 126 valence electrons. The third kappa shape index (κ3) is 3.32. The zero-order valence-corrected chi connectivity index (χ0v) is 13.9. The Balaban J connectivity index is 1.56. The molecule has 0 saturated carbocycles. The number of imidazole rings is 1. The summed E-state index contributed by atoms with van der Waals surface area (Å²) in [6.07, 6.45) is 1.81. The van der Waals surface area contributed by atoms with Gasteiger partial charge >= 0.3 is 0 Å². The molecule has 1 N–H and O–H groups in total. The predicted molar refractivity (Wildman–Crippen MR) is 93.8 cm³/mol. The van der Waals surface area contributed by atoms with Gasteiger partial charge < -0.3 is 14.5 Å². The second kappa shape index (κ2) is 6.86. The van der Waals surface area contributed by atoms with Crippen LogP contribution >= 0.6 is 0 Å². The number of hydrogen-bond acceptors (Lipinski definition) is 3. The van der Waals surface area contributed by atoms with E-state index in [1.54, 1.807) is 22.8 Å². The highest BCUT2D eigenvalue weighted by atomic mass is 19.1. The van der Waals surface area contributed by atoms with Gasteiger partial charge in [-0.05, 0) is 44.0 Å². The first-order chi connectivity index (χ1) is 11.6. The van der Waals surface area contributed by atoms with Crippen LogP contribution in [0.3, 0.4) is 0 Å². The number of rotatable bonds is 6. The summed E-state index contributed by atoms with van der Waals surface area (Å²) in [6, 6.07) is 9.89. The van der Waals surface area contributed by atoms with E-state index in [0.29, 0.717) is 6.54 Å². The Kier molecular flexibility index (Phi) is 4.64. The minimum Gasteiger partial charge on any atom is -0.356 e. The van der Waals surface area contributed by atoms with Crippen molar-refractivity contribution in [3.8, 4) is 0 Å². The molecule has 5 nitrogen and oxygen atoms in total. The van der Waals surface area contributed by atoms with Gasteiger partial charge in [0.05, 0.1) is 11.0 Å². The van der Waals surface area contributed by atoms with Gasteiger partial charge in [-0.1, -0.05) is 6.07 Å². The number of hydrogen-bond donors (Lipinski definition) is 1. The zero-order chi connectivity index (χ0) is 17.1. The van der Waals surface area contributed by atoms with Crippen molar-refractivity contribution in [3.05, 3.63) is 58.3 Å². The highest BCUT2D eigenvalue weighted by Crippen LogP contribution is 2.19. The molecule has 2 aromatic heterocycles. The van der Waals surface area contributed by atoms with Crippen LogP contribution in [0, 0.1) is 12.7 Å². The summed E-state index contributed by atoms with van der Waals surface area (Å²) in [4.78, 5) is 16.3. The first kappa shape index (κ1) is 16.2. The average Bonchev–Trinajstić information content (AvgIpc) is 2.86. The molecule has 0 aliphatic heterocycles. The van der Waals surface area contributed by atoms with E-state index in [1.807, 2.05) is 24.6 Å². The minimum absolute atomic E-state index is 0.0420. The molecular weight excluding hydrogens is 307 g/mol. The van der Waals surface area contributed by atoms with Gasteiger partial charge in [0.2, 0.25) is 5.95 Å². The summed E-state index contributed by atoms with van der Waals surface area (Å²) < 4.78 is 17.0. The Morgan fingerprint density at radius 2 is 2.04 bits per heavy atom. The molecule has 0 atom stereocenters. The summed E-state index contributed by atoms with van der Waals surface area (Å²) in [6.45, 7) is 3.40. The van der Waals surface area contributed by atoms with E-state index >= 15 is 0 Å². The molecule has 6 heteroatoms. The quantitative estimate of drug-likeness (QED) is 0.708. The van der Waals surface area contributed by atoms with Gasteiger partial charge in [0.1, 0.15) is 5.82 Å². The van der Waals surface area contributed by atoms with Gasteiger partial charge in [0, 0.05) is 31.9 Å². The standard InChI is InChI=1S/C18H21FN4O/c1-13-6-5-7-17(24)23(13)11-4-3-10-20-18-21-15-9-8-14(19)12-16(15)22(18)2/h5-9,12H,3-4,10-11H2,1-2H3,(H,20,21). The summed E-state index contributed by atoms with van der Waals surface area (Å²) in [5.74, 6) is 0.462. The number of anilines is 1. The van der Waals surface area contributed by atoms with E-state index in [2.05, 4.69) is 10.3 Å². The van der Waals surface area contributed by atoms with Crippen LogP contribution in [0.15, 0.2) is 41.2 Å². The molecule has 0 spiro atoms. The SMILES string of the molecule is Cc1cccc(=O)n1CCCCNc1nc2ccc(F)cc2n1C. The molecule has 0 radical (unpaired) electrons. The highest BCUT2D eigenvalue weighted by Gasteiger charge is 2.08. The average molecular weight is 328 g/mol. The smallest absolute Gasteiger partial charge is 0.250 e. The van der Waals surface area contributed by atoms with E-state index in [9.17, 15) is 9.18 Å². The van der Waals surface area contributed by atoms with Gasteiger partial charge in [0.25, 0.3) is 5.56 Å². The molecule has 0 saturated heterocycles. The monoisotopic (exact) mass is 328 g/mol. The molecule has 2 heterocycles. The van der Waals surface area contributed by atoms with Crippen LogP contribution < -0.4 is 10.9 Å². The van der Waals surface area contributed by atoms with Gasteiger partial charge in [-0.25, -0.2) is 9.37 Å². The number of fused-ring (bicyclic) bond motifs is 1. The third-order valence-electron chi connectivity index (χ3n) is 4.20. The lowest BCUT2D eigenvalue weighted by molar-refractivity contribution is 0.590. The van der Waals surface area contributed by atoms with E-state index < -0.39 is 0 Å². The normalized spacial score (nSPS) is 11.1. The molecule has 3 aromatic rings. The van der Waals surface area contributed by atoms with Gasteiger partial charge in [0.15, 0.2) is 0 Å². The van der Waals surface area contributed by atoms with Crippen molar-refractivity contribution >= 4 is 17.0 Å². The first-order valence-corrected chi connectivity index (χ1v) is 8.08. The Bertz CT molecular complexity index is 913. The molecular formula is C18H21FN4O. The van der Waals surface area contributed by atoms with Crippen molar-refractivity contribution in [2.24, 2.45) is 7.05 Å². The van der Waals surface area contributed by atoms with Crippen LogP contribution in [0.1, 0.15) is 18.5 Å². The Hall–Kier alpha value is -2.63. The molecule has 0 aliphatic carbocycles. The van der Waals surface area contributed by atoms with Crippen LogP contribution in [0.2, 0.25) is 0 Å². The molecule has 24 heavy (non-hydrogen) atoms. The summed E-state index contributed by atoms with van der Waals surface area (Å²) in [7, 11) is 1.87. The maximum atomic E-state index is 13.3. The predicted octanol–water partition coefficient (Wildman–Crippen LogP) is 3.07. The second-order valence-electron chi connectivity index (χ2n) is 5.92. The van der Waals surface area contributed by atoms with Crippen LogP contribution in [0.4, 0.5) is 10.3 Å². The Labute approximate surface area is 139 Å². The molecule has 0 amide bonds. The zero-order valence-electron chi connectivity index (χ0n) is 13.9. The van der Waals surface area contributed by atoms with Crippen LogP contribution in [-0.2, 0) is 13.6 Å². The first-order valence-electron chi connectivity index (χ1n) is 8.08. The van der Waals surface area contributed by atoms with Crippen molar-refractivity contribution in [2.45, 2.75) is 26.3 Å². The second-order valence-corrected chi connectivity index (χ2v) is 5.92. The number of halogens is 1. The fraction of sp³-hybridized carbons (Fsp3) is 0.333. The maximum absolute atomic E-state index is 13.3. The fourth-order valence-corrected chi connectivity index (χ4v) is 2.83. The lowest BCUT2D eigenvalue weighted by Gasteiger charge is -2.10. The van der Waals surface area contributed by atoms with Crippen molar-refractivity contribution in [1.82, 2.24) is 14.1 Å². The number of pyridine rings is 1. The molecule has 3 rings (SSSR count). The van der Waals surface area contributed by atoms with E-state index in [-0.39, 0.29) is 11.4 Å². The van der Waals surface area contributed by atoms with Crippen molar-refractivity contribution < 1.29 is 4.39 Å². The van der Waals surface area contributed by atoms with Crippen LogP contribution in [-0.4, -0.2) is 20.7 Å². The molecule has 0 unspecified atom stereocenters.